The van der Waals surface area contributed by atoms with E-state index in [-0.39, 0.29) is 0 Å². The van der Waals surface area contributed by atoms with Crippen molar-refractivity contribution in [1.82, 2.24) is 4.90 Å². The monoisotopic (exact) mass is 343 g/mol. The minimum atomic E-state index is -0.524. The van der Waals surface area contributed by atoms with E-state index in [1.165, 1.54) is 5.56 Å². The molecule has 0 radical (unpaired) electrons. The summed E-state index contributed by atoms with van der Waals surface area (Å²) >= 11 is 0. The fourth-order valence-electron chi connectivity index (χ4n) is 2.80. The van der Waals surface area contributed by atoms with Crippen LogP contribution in [-0.2, 0) is 6.54 Å². The Morgan fingerprint density at radius 1 is 1.08 bits per heavy atom. The molecule has 0 amide bonds. The molecule has 0 heterocycles. The molecule has 2 aromatic rings. The summed E-state index contributed by atoms with van der Waals surface area (Å²) in [5.74, 6) is 1.69. The van der Waals surface area contributed by atoms with Crippen LogP contribution in [0.1, 0.15) is 24.5 Å². The number of rotatable bonds is 10. The van der Waals surface area contributed by atoms with Gasteiger partial charge < -0.3 is 14.6 Å². The molecular formula is C21H29NO3. The molecule has 0 aliphatic heterocycles. The molecule has 2 aromatic carbocycles. The first-order chi connectivity index (χ1) is 12.1. The zero-order valence-corrected chi connectivity index (χ0v) is 15.4. The number of para-hydroxylation sites is 1. The molecule has 0 aliphatic rings. The van der Waals surface area contributed by atoms with Gasteiger partial charge in [0.1, 0.15) is 24.2 Å². The van der Waals surface area contributed by atoms with Crippen LogP contribution >= 0.6 is 0 Å². The Morgan fingerprint density at radius 2 is 1.80 bits per heavy atom. The Bertz CT molecular complexity index is 627. The SMILES string of the molecule is CCCN(Cc1ccc(OC)cc1)C[C@@H](O)COc1ccccc1C. The van der Waals surface area contributed by atoms with Crippen molar-refractivity contribution in [3.63, 3.8) is 0 Å². The lowest BCUT2D eigenvalue weighted by Gasteiger charge is -2.25. The number of aliphatic hydroxyl groups is 1. The number of aliphatic hydroxyl groups excluding tert-OH is 1. The smallest absolute Gasteiger partial charge is 0.122 e. The van der Waals surface area contributed by atoms with Gasteiger partial charge in [0.25, 0.3) is 0 Å². The van der Waals surface area contributed by atoms with E-state index in [4.69, 9.17) is 9.47 Å². The van der Waals surface area contributed by atoms with Crippen molar-refractivity contribution in [3.05, 3.63) is 59.7 Å². The van der Waals surface area contributed by atoms with Crippen LogP contribution in [0.2, 0.25) is 0 Å². The van der Waals surface area contributed by atoms with Crippen LogP contribution in [0.3, 0.4) is 0 Å². The predicted molar refractivity (Wildman–Crippen MR) is 101 cm³/mol. The normalized spacial score (nSPS) is 12.2. The molecule has 1 N–H and O–H groups in total. The number of hydrogen-bond acceptors (Lipinski definition) is 4. The second-order valence-corrected chi connectivity index (χ2v) is 6.31. The van der Waals surface area contributed by atoms with E-state index in [9.17, 15) is 5.11 Å². The predicted octanol–water partition coefficient (Wildman–Crippen LogP) is 3.66. The number of methoxy groups -OCH3 is 1. The zero-order chi connectivity index (χ0) is 18.1. The molecule has 0 saturated heterocycles. The van der Waals surface area contributed by atoms with Gasteiger partial charge in [0, 0.05) is 13.1 Å². The van der Waals surface area contributed by atoms with Gasteiger partial charge >= 0.3 is 0 Å². The molecule has 0 fully saturated rings. The molecule has 25 heavy (non-hydrogen) atoms. The third-order valence-electron chi connectivity index (χ3n) is 4.10. The van der Waals surface area contributed by atoms with Crippen LogP contribution in [0.4, 0.5) is 0 Å². The molecule has 4 nitrogen and oxygen atoms in total. The van der Waals surface area contributed by atoms with E-state index in [2.05, 4.69) is 24.0 Å². The summed E-state index contributed by atoms with van der Waals surface area (Å²) in [5.41, 5.74) is 2.29. The van der Waals surface area contributed by atoms with Crippen LogP contribution in [-0.4, -0.2) is 42.9 Å². The zero-order valence-electron chi connectivity index (χ0n) is 15.4. The van der Waals surface area contributed by atoms with Gasteiger partial charge in [0.05, 0.1) is 7.11 Å². The molecule has 136 valence electrons. The van der Waals surface area contributed by atoms with Gasteiger partial charge in [-0.25, -0.2) is 0 Å². The number of benzene rings is 2. The minimum absolute atomic E-state index is 0.299. The second kappa shape index (κ2) is 10.1. The van der Waals surface area contributed by atoms with Crippen LogP contribution in [0.15, 0.2) is 48.5 Å². The highest BCUT2D eigenvalue weighted by molar-refractivity contribution is 5.31. The molecular weight excluding hydrogens is 314 g/mol. The van der Waals surface area contributed by atoms with E-state index >= 15 is 0 Å². The van der Waals surface area contributed by atoms with Crippen molar-refractivity contribution >= 4 is 0 Å². The first-order valence-electron chi connectivity index (χ1n) is 8.84. The number of aryl methyl sites for hydroxylation is 1. The Morgan fingerprint density at radius 3 is 2.44 bits per heavy atom. The number of nitrogens with zero attached hydrogens (tertiary/aromatic N) is 1. The molecule has 0 unspecified atom stereocenters. The molecule has 4 heteroatoms. The van der Waals surface area contributed by atoms with Crippen molar-refractivity contribution in [2.24, 2.45) is 0 Å². The van der Waals surface area contributed by atoms with Gasteiger partial charge in [0.15, 0.2) is 0 Å². The quantitative estimate of drug-likeness (QED) is 0.715. The Labute approximate surface area is 151 Å². The van der Waals surface area contributed by atoms with E-state index in [1.807, 2.05) is 43.3 Å². The van der Waals surface area contributed by atoms with E-state index in [1.54, 1.807) is 7.11 Å². The molecule has 0 aromatic heterocycles. The summed E-state index contributed by atoms with van der Waals surface area (Å²) in [6, 6.07) is 15.9. The lowest BCUT2D eigenvalue weighted by Crippen LogP contribution is -2.35. The van der Waals surface area contributed by atoms with Gasteiger partial charge in [0.2, 0.25) is 0 Å². The summed E-state index contributed by atoms with van der Waals surface area (Å²) in [7, 11) is 1.67. The topological polar surface area (TPSA) is 41.9 Å². The summed E-state index contributed by atoms with van der Waals surface area (Å²) in [6.07, 6.45) is 0.519. The lowest BCUT2D eigenvalue weighted by atomic mass is 10.2. The molecule has 0 spiro atoms. The second-order valence-electron chi connectivity index (χ2n) is 6.31. The van der Waals surface area contributed by atoms with E-state index in [0.717, 1.165) is 36.6 Å². The van der Waals surface area contributed by atoms with E-state index < -0.39 is 6.10 Å². The Kier molecular flexibility index (Phi) is 7.76. The molecule has 0 bridgehead atoms. The van der Waals surface area contributed by atoms with Crippen molar-refractivity contribution in [2.45, 2.75) is 32.9 Å². The third-order valence-corrected chi connectivity index (χ3v) is 4.10. The van der Waals surface area contributed by atoms with Crippen LogP contribution in [0, 0.1) is 6.92 Å². The maximum Gasteiger partial charge on any atom is 0.122 e. The first kappa shape index (κ1) is 19.3. The molecule has 1 atom stereocenters. The van der Waals surface area contributed by atoms with Gasteiger partial charge in [-0.3, -0.25) is 4.90 Å². The highest BCUT2D eigenvalue weighted by Crippen LogP contribution is 2.17. The highest BCUT2D eigenvalue weighted by Gasteiger charge is 2.13. The van der Waals surface area contributed by atoms with E-state index in [0.29, 0.717) is 13.2 Å². The average molecular weight is 343 g/mol. The minimum Gasteiger partial charge on any atom is -0.497 e. The molecule has 0 saturated carbocycles. The van der Waals surface area contributed by atoms with Crippen molar-refractivity contribution < 1.29 is 14.6 Å². The van der Waals surface area contributed by atoms with Crippen LogP contribution in [0.25, 0.3) is 0 Å². The maximum atomic E-state index is 10.4. The van der Waals surface area contributed by atoms with Crippen molar-refractivity contribution in [1.29, 1.82) is 0 Å². The number of ether oxygens (including phenoxy) is 2. The van der Waals surface area contributed by atoms with Crippen molar-refractivity contribution in [3.8, 4) is 11.5 Å². The summed E-state index contributed by atoms with van der Waals surface area (Å²) < 4.78 is 11.0. The first-order valence-corrected chi connectivity index (χ1v) is 8.84. The standard InChI is InChI=1S/C21H29NO3/c1-4-13-22(14-18-9-11-20(24-3)12-10-18)15-19(23)16-25-21-8-6-5-7-17(21)2/h5-12,19,23H,4,13-16H2,1-3H3/t19-/m1/s1. The van der Waals surface area contributed by atoms with Gasteiger partial charge in [-0.1, -0.05) is 37.3 Å². The van der Waals surface area contributed by atoms with Gasteiger partial charge in [-0.05, 0) is 49.2 Å². The number of hydrogen-bond donors (Lipinski definition) is 1. The lowest BCUT2D eigenvalue weighted by molar-refractivity contribution is 0.0653. The molecule has 2 rings (SSSR count). The van der Waals surface area contributed by atoms with Crippen LogP contribution in [0.5, 0.6) is 11.5 Å². The van der Waals surface area contributed by atoms with Gasteiger partial charge in [-0.15, -0.1) is 0 Å². The summed E-state index contributed by atoms with van der Waals surface area (Å²) in [5, 5.41) is 10.4. The maximum absolute atomic E-state index is 10.4. The summed E-state index contributed by atoms with van der Waals surface area (Å²) in [4.78, 5) is 2.26. The highest BCUT2D eigenvalue weighted by atomic mass is 16.5. The third kappa shape index (κ3) is 6.40. The van der Waals surface area contributed by atoms with Gasteiger partial charge in [-0.2, -0.15) is 0 Å². The molecule has 0 aliphatic carbocycles. The fourth-order valence-corrected chi connectivity index (χ4v) is 2.80. The Hall–Kier alpha value is -2.04. The Balaban J connectivity index is 1.87. The van der Waals surface area contributed by atoms with Crippen LogP contribution < -0.4 is 9.47 Å². The largest absolute Gasteiger partial charge is 0.497 e. The average Bonchev–Trinajstić information content (AvgIpc) is 2.62. The summed E-state index contributed by atoms with van der Waals surface area (Å²) in [6.45, 7) is 6.79. The fraction of sp³-hybridized carbons (Fsp3) is 0.429. The van der Waals surface area contributed by atoms with Crippen molar-refractivity contribution in [2.75, 3.05) is 26.8 Å².